The minimum Gasteiger partial charge on any atom is -0.444 e. The van der Waals surface area contributed by atoms with Crippen molar-refractivity contribution in [2.75, 3.05) is 11.9 Å². The highest BCUT2D eigenvalue weighted by Gasteiger charge is 2.14. The van der Waals surface area contributed by atoms with E-state index < -0.39 is 11.7 Å². The lowest BCUT2D eigenvalue weighted by atomic mass is 10.2. The first-order chi connectivity index (χ1) is 9.76. The predicted octanol–water partition coefficient (Wildman–Crippen LogP) is 2.88. The second-order valence-corrected chi connectivity index (χ2v) is 5.84. The van der Waals surface area contributed by atoms with Gasteiger partial charge in [0, 0.05) is 12.2 Å². The average molecular weight is 307 g/mol. The van der Waals surface area contributed by atoms with Crippen molar-refractivity contribution in [2.45, 2.75) is 26.4 Å². The van der Waals surface area contributed by atoms with Gasteiger partial charge in [0.1, 0.15) is 5.60 Å². The van der Waals surface area contributed by atoms with E-state index in [4.69, 9.17) is 22.7 Å². The van der Waals surface area contributed by atoms with Crippen molar-refractivity contribution in [1.82, 2.24) is 5.32 Å². The molecule has 1 aromatic rings. The third-order valence-corrected chi connectivity index (χ3v) is 2.35. The molecule has 0 unspecified atom stereocenters. The number of carbonyl (C=O) groups excluding carboxylic acids is 1. The number of benzene rings is 1. The third-order valence-electron chi connectivity index (χ3n) is 2.25. The fourth-order valence-corrected chi connectivity index (χ4v) is 1.59. The lowest BCUT2D eigenvalue weighted by Crippen LogP contribution is -2.32. The Kier molecular flexibility index (Phi) is 6.17. The lowest BCUT2D eigenvalue weighted by molar-refractivity contribution is 0.0534. The summed E-state index contributed by atoms with van der Waals surface area (Å²) in [6.45, 7) is 5.88. The monoisotopic (exact) mass is 307 g/mol. The maximum Gasteiger partial charge on any atom is 0.407 e. The summed E-state index contributed by atoms with van der Waals surface area (Å²) in [7, 11) is 0. The van der Waals surface area contributed by atoms with Gasteiger partial charge in [0.15, 0.2) is 5.11 Å². The Bertz CT molecular complexity index is 519. The van der Waals surface area contributed by atoms with Gasteiger partial charge in [0.05, 0.1) is 0 Å². The van der Waals surface area contributed by atoms with Crippen LogP contribution in [0.5, 0.6) is 0 Å². The number of alkyl carbamates (subject to hydrolysis) is 1. The van der Waals surface area contributed by atoms with Crippen molar-refractivity contribution < 1.29 is 9.53 Å². The van der Waals surface area contributed by atoms with Crippen LogP contribution >= 0.6 is 12.2 Å². The molecule has 5 nitrogen and oxygen atoms in total. The molecule has 0 radical (unpaired) electrons. The molecule has 21 heavy (non-hydrogen) atoms. The van der Waals surface area contributed by atoms with Crippen LogP contribution in [0.15, 0.2) is 30.3 Å². The molecular formula is C15H21N3O2S. The Morgan fingerprint density at radius 3 is 2.48 bits per heavy atom. The van der Waals surface area contributed by atoms with Crippen LogP contribution < -0.4 is 16.4 Å². The molecule has 0 fully saturated rings. The molecule has 0 saturated carbocycles. The van der Waals surface area contributed by atoms with E-state index in [0.29, 0.717) is 6.54 Å². The highest BCUT2D eigenvalue weighted by atomic mass is 32.1. The Labute approximate surface area is 130 Å². The predicted molar refractivity (Wildman–Crippen MR) is 90.1 cm³/mol. The number of nitrogens with two attached hydrogens (primary N) is 1. The van der Waals surface area contributed by atoms with Crippen molar-refractivity contribution in [2.24, 2.45) is 5.73 Å². The Balaban J connectivity index is 2.40. The zero-order chi connectivity index (χ0) is 15.9. The van der Waals surface area contributed by atoms with Crippen molar-refractivity contribution >= 4 is 35.2 Å². The topological polar surface area (TPSA) is 76.4 Å². The number of thiocarbonyl (C=S) groups is 1. The van der Waals surface area contributed by atoms with E-state index in [1.54, 1.807) is 0 Å². The minimum atomic E-state index is -0.486. The molecule has 114 valence electrons. The summed E-state index contributed by atoms with van der Waals surface area (Å²) in [5.74, 6) is 0. The smallest absolute Gasteiger partial charge is 0.407 e. The Morgan fingerprint density at radius 1 is 1.33 bits per heavy atom. The van der Waals surface area contributed by atoms with Gasteiger partial charge in [0.25, 0.3) is 0 Å². The van der Waals surface area contributed by atoms with Crippen LogP contribution in [0.4, 0.5) is 10.5 Å². The van der Waals surface area contributed by atoms with Crippen LogP contribution in [0.3, 0.4) is 0 Å². The number of hydrogen-bond donors (Lipinski definition) is 3. The van der Waals surface area contributed by atoms with Crippen molar-refractivity contribution in [3.05, 3.63) is 35.9 Å². The molecule has 4 N–H and O–H groups in total. The van der Waals surface area contributed by atoms with Gasteiger partial charge in [-0.25, -0.2) is 4.79 Å². The minimum absolute atomic E-state index is 0.236. The van der Waals surface area contributed by atoms with E-state index in [2.05, 4.69) is 10.6 Å². The molecule has 1 rings (SSSR count). The molecule has 1 aromatic carbocycles. The van der Waals surface area contributed by atoms with Crippen LogP contribution in [0, 0.1) is 0 Å². The number of anilines is 1. The molecule has 0 aliphatic carbocycles. The molecule has 0 aliphatic heterocycles. The molecule has 0 aromatic heterocycles. The van der Waals surface area contributed by atoms with Crippen molar-refractivity contribution in [1.29, 1.82) is 0 Å². The number of nitrogens with one attached hydrogen (secondary N) is 2. The van der Waals surface area contributed by atoms with Gasteiger partial charge >= 0.3 is 6.09 Å². The van der Waals surface area contributed by atoms with E-state index in [1.165, 1.54) is 0 Å². The number of ether oxygens (including phenoxy) is 1. The first-order valence-electron chi connectivity index (χ1n) is 6.56. The number of amides is 1. The zero-order valence-corrected chi connectivity index (χ0v) is 13.3. The fourth-order valence-electron chi connectivity index (χ4n) is 1.47. The van der Waals surface area contributed by atoms with Crippen LogP contribution in [0.2, 0.25) is 0 Å². The average Bonchev–Trinajstić information content (AvgIpc) is 2.34. The lowest BCUT2D eigenvalue weighted by Gasteiger charge is -2.19. The van der Waals surface area contributed by atoms with E-state index in [0.717, 1.165) is 11.3 Å². The quantitative estimate of drug-likeness (QED) is 0.746. The van der Waals surface area contributed by atoms with E-state index >= 15 is 0 Å². The van der Waals surface area contributed by atoms with Gasteiger partial charge < -0.3 is 21.1 Å². The van der Waals surface area contributed by atoms with Crippen LogP contribution in [-0.2, 0) is 4.74 Å². The van der Waals surface area contributed by atoms with Crippen molar-refractivity contribution in [3.63, 3.8) is 0 Å². The molecule has 0 bridgehead atoms. The first kappa shape index (κ1) is 17.0. The SMILES string of the molecule is CC(C)(C)OC(=O)NCC=Cc1ccc(NC(N)=S)cc1. The number of hydrogen-bond acceptors (Lipinski definition) is 3. The standard InChI is InChI=1S/C15H21N3O2S/c1-15(2,3)20-14(19)17-10-4-5-11-6-8-12(9-7-11)18-13(16)21/h4-9H,10H2,1-3H3,(H,17,19)(H3,16,18,21). The van der Waals surface area contributed by atoms with Crippen LogP contribution in [0.25, 0.3) is 6.08 Å². The Hall–Kier alpha value is -2.08. The largest absolute Gasteiger partial charge is 0.444 e. The molecule has 0 heterocycles. The summed E-state index contributed by atoms with van der Waals surface area (Å²) in [6.07, 6.45) is 3.32. The van der Waals surface area contributed by atoms with E-state index in [1.807, 2.05) is 57.2 Å². The molecule has 1 amide bonds. The van der Waals surface area contributed by atoms with Gasteiger partial charge in [0.2, 0.25) is 0 Å². The third kappa shape index (κ3) is 7.94. The molecule has 0 saturated heterocycles. The Morgan fingerprint density at radius 2 is 1.95 bits per heavy atom. The number of carbonyl (C=O) groups is 1. The fraction of sp³-hybridized carbons (Fsp3) is 0.333. The highest BCUT2D eigenvalue weighted by molar-refractivity contribution is 7.80. The highest BCUT2D eigenvalue weighted by Crippen LogP contribution is 2.10. The van der Waals surface area contributed by atoms with Gasteiger partial charge in [-0.2, -0.15) is 0 Å². The molecular weight excluding hydrogens is 286 g/mol. The summed E-state index contributed by atoms with van der Waals surface area (Å²) in [4.78, 5) is 11.4. The summed E-state index contributed by atoms with van der Waals surface area (Å²) in [5, 5.41) is 5.74. The summed E-state index contributed by atoms with van der Waals surface area (Å²) in [5.41, 5.74) is 6.75. The number of rotatable bonds is 4. The molecule has 0 atom stereocenters. The zero-order valence-electron chi connectivity index (χ0n) is 12.5. The summed E-state index contributed by atoms with van der Waals surface area (Å²) >= 11 is 4.76. The first-order valence-corrected chi connectivity index (χ1v) is 6.97. The van der Waals surface area contributed by atoms with Crippen LogP contribution in [0.1, 0.15) is 26.3 Å². The maximum absolute atomic E-state index is 11.4. The molecule has 6 heteroatoms. The van der Waals surface area contributed by atoms with Gasteiger partial charge in [-0.05, 0) is 50.7 Å². The normalized spacial score (nSPS) is 11.2. The maximum atomic E-state index is 11.4. The van der Waals surface area contributed by atoms with E-state index in [9.17, 15) is 4.79 Å². The van der Waals surface area contributed by atoms with Gasteiger partial charge in [-0.15, -0.1) is 0 Å². The second-order valence-electron chi connectivity index (χ2n) is 5.40. The summed E-state index contributed by atoms with van der Waals surface area (Å²) in [6, 6.07) is 7.59. The van der Waals surface area contributed by atoms with Crippen LogP contribution in [-0.4, -0.2) is 23.4 Å². The second kappa shape index (κ2) is 7.64. The van der Waals surface area contributed by atoms with Gasteiger partial charge in [-0.1, -0.05) is 24.3 Å². The van der Waals surface area contributed by atoms with E-state index in [-0.39, 0.29) is 5.11 Å². The molecule has 0 spiro atoms. The van der Waals surface area contributed by atoms with Gasteiger partial charge in [-0.3, -0.25) is 0 Å². The summed E-state index contributed by atoms with van der Waals surface area (Å²) < 4.78 is 5.13. The molecule has 0 aliphatic rings. The van der Waals surface area contributed by atoms with Crippen molar-refractivity contribution in [3.8, 4) is 0 Å².